The first-order valence-electron chi connectivity index (χ1n) is 8.29. The third-order valence-corrected chi connectivity index (χ3v) is 3.99. The predicted octanol–water partition coefficient (Wildman–Crippen LogP) is 0.298. The normalized spacial score (nSPS) is 10.7. The zero-order chi connectivity index (χ0) is 19.4. The summed E-state index contributed by atoms with van der Waals surface area (Å²) in [6.45, 7) is 1.58. The summed E-state index contributed by atoms with van der Waals surface area (Å²) in [5, 5.41) is 6.94. The van der Waals surface area contributed by atoms with Crippen molar-refractivity contribution in [1.29, 1.82) is 0 Å². The molecule has 0 radical (unpaired) electrons. The van der Waals surface area contributed by atoms with Crippen LogP contribution in [-0.4, -0.2) is 37.8 Å². The van der Waals surface area contributed by atoms with Crippen molar-refractivity contribution in [2.45, 2.75) is 20.0 Å². The van der Waals surface area contributed by atoms with E-state index < -0.39 is 24.0 Å². The van der Waals surface area contributed by atoms with E-state index in [1.807, 2.05) is 31.2 Å². The first kappa shape index (κ1) is 18.3. The van der Waals surface area contributed by atoms with Gasteiger partial charge < -0.3 is 10.1 Å². The van der Waals surface area contributed by atoms with E-state index in [1.54, 1.807) is 7.05 Å². The fourth-order valence-electron chi connectivity index (χ4n) is 2.47. The summed E-state index contributed by atoms with van der Waals surface area (Å²) in [4.78, 5) is 40.1. The Morgan fingerprint density at radius 3 is 2.70 bits per heavy atom. The summed E-state index contributed by atoms with van der Waals surface area (Å²) < 4.78 is 7.52. The molecular formula is C18H19N5O4. The van der Waals surface area contributed by atoms with Crippen molar-refractivity contribution in [1.82, 2.24) is 24.6 Å². The molecular weight excluding hydrogens is 350 g/mol. The zero-order valence-electron chi connectivity index (χ0n) is 15.0. The Hall–Kier alpha value is -3.49. The molecule has 9 heteroatoms. The van der Waals surface area contributed by atoms with Crippen LogP contribution in [0.4, 0.5) is 0 Å². The maximum Gasteiger partial charge on any atom is 0.326 e. The molecule has 9 nitrogen and oxygen atoms in total. The van der Waals surface area contributed by atoms with E-state index >= 15 is 0 Å². The quantitative estimate of drug-likeness (QED) is 0.626. The van der Waals surface area contributed by atoms with Gasteiger partial charge >= 0.3 is 5.97 Å². The summed E-state index contributed by atoms with van der Waals surface area (Å²) in [6.07, 6.45) is 2.65. The fraction of sp³-hybridized carbons (Fsp3) is 0.278. The predicted molar refractivity (Wildman–Crippen MR) is 96.8 cm³/mol. The molecule has 0 aliphatic carbocycles. The highest BCUT2D eigenvalue weighted by Gasteiger charge is 2.13. The summed E-state index contributed by atoms with van der Waals surface area (Å²) in [7, 11) is 1.67. The highest BCUT2D eigenvalue weighted by atomic mass is 16.5. The maximum atomic E-state index is 12.3. The van der Waals surface area contributed by atoms with Crippen molar-refractivity contribution in [2.24, 2.45) is 7.05 Å². The van der Waals surface area contributed by atoms with Crippen LogP contribution in [0.2, 0.25) is 0 Å². The van der Waals surface area contributed by atoms with E-state index in [0.717, 1.165) is 15.7 Å². The lowest BCUT2D eigenvalue weighted by Gasteiger charge is -2.08. The average Bonchev–Trinajstić information content (AvgIpc) is 3.03. The number of nitrogens with zero attached hydrogens (tertiary/aromatic N) is 4. The van der Waals surface area contributed by atoms with Crippen LogP contribution in [0.15, 0.2) is 41.6 Å². The van der Waals surface area contributed by atoms with Crippen LogP contribution in [0, 0.1) is 6.92 Å². The number of carbonyl (C=O) groups excluding carboxylic acids is 2. The molecule has 0 unspecified atom stereocenters. The summed E-state index contributed by atoms with van der Waals surface area (Å²) in [5.41, 5.74) is 2.12. The third kappa shape index (κ3) is 4.38. The molecule has 0 atom stereocenters. The highest BCUT2D eigenvalue weighted by Crippen LogP contribution is 2.03. The van der Waals surface area contributed by atoms with Crippen molar-refractivity contribution in [3.63, 3.8) is 0 Å². The number of hydrogen-bond acceptors (Lipinski definition) is 6. The molecule has 0 aliphatic heterocycles. The molecule has 0 aliphatic rings. The van der Waals surface area contributed by atoms with E-state index in [1.165, 1.54) is 17.2 Å². The molecule has 1 amide bonds. The second kappa shape index (κ2) is 7.81. The minimum absolute atomic E-state index is 0.309. The number of nitrogens with one attached hydrogen (secondary N) is 1. The topological polar surface area (TPSA) is 108 Å². The van der Waals surface area contributed by atoms with Gasteiger partial charge in [0, 0.05) is 13.6 Å². The van der Waals surface area contributed by atoms with Crippen LogP contribution < -0.4 is 10.9 Å². The minimum Gasteiger partial charge on any atom is -0.454 e. The zero-order valence-corrected chi connectivity index (χ0v) is 15.0. The van der Waals surface area contributed by atoms with Gasteiger partial charge in [-0.3, -0.25) is 23.6 Å². The van der Waals surface area contributed by atoms with Gasteiger partial charge in [0.25, 0.3) is 11.5 Å². The van der Waals surface area contributed by atoms with E-state index in [-0.39, 0.29) is 6.54 Å². The number of aromatic nitrogens is 4. The Morgan fingerprint density at radius 1 is 1.22 bits per heavy atom. The standard InChI is InChI=1S/C18H19N5O4/c1-12-3-5-13(6-4-12)7-19-15(24)10-27-16(25)9-23-11-20-17-14(18(23)26)8-21-22(17)2/h3-6,8,11H,7,9-10H2,1-2H3,(H,19,24). The highest BCUT2D eigenvalue weighted by molar-refractivity contribution is 5.80. The number of fused-ring (bicyclic) bond motifs is 1. The molecule has 1 aromatic carbocycles. The summed E-state index contributed by atoms with van der Waals surface area (Å²) >= 11 is 0. The third-order valence-electron chi connectivity index (χ3n) is 3.99. The van der Waals surface area contributed by atoms with E-state index in [0.29, 0.717) is 17.6 Å². The molecule has 3 rings (SSSR count). The van der Waals surface area contributed by atoms with Crippen LogP contribution in [0.5, 0.6) is 0 Å². The molecule has 0 spiro atoms. The molecule has 0 bridgehead atoms. The largest absolute Gasteiger partial charge is 0.454 e. The van der Waals surface area contributed by atoms with Crippen molar-refractivity contribution in [2.75, 3.05) is 6.61 Å². The summed E-state index contributed by atoms with van der Waals surface area (Å²) in [6, 6.07) is 7.73. The Labute approximate surface area is 154 Å². The SMILES string of the molecule is Cc1ccc(CNC(=O)COC(=O)Cn2cnc3c(cnn3C)c2=O)cc1. The lowest BCUT2D eigenvalue weighted by molar-refractivity contribution is -0.149. The number of benzene rings is 1. The number of amides is 1. The number of ether oxygens (including phenoxy) is 1. The van der Waals surface area contributed by atoms with Crippen LogP contribution in [0.25, 0.3) is 11.0 Å². The molecule has 27 heavy (non-hydrogen) atoms. The van der Waals surface area contributed by atoms with Crippen LogP contribution in [-0.2, 0) is 34.5 Å². The van der Waals surface area contributed by atoms with Crippen molar-refractivity contribution < 1.29 is 14.3 Å². The van der Waals surface area contributed by atoms with E-state index in [4.69, 9.17) is 4.74 Å². The first-order valence-corrected chi connectivity index (χ1v) is 8.29. The van der Waals surface area contributed by atoms with Crippen LogP contribution in [0.1, 0.15) is 11.1 Å². The molecule has 0 saturated carbocycles. The smallest absolute Gasteiger partial charge is 0.326 e. The number of carbonyl (C=O) groups is 2. The Balaban J connectivity index is 1.50. The van der Waals surface area contributed by atoms with E-state index in [9.17, 15) is 14.4 Å². The number of aryl methyl sites for hydroxylation is 2. The van der Waals surface area contributed by atoms with Gasteiger partial charge in [0.05, 0.1) is 6.20 Å². The number of rotatable bonds is 6. The number of hydrogen-bond donors (Lipinski definition) is 1. The molecule has 0 saturated heterocycles. The second-order valence-electron chi connectivity index (χ2n) is 6.11. The molecule has 2 aromatic heterocycles. The van der Waals surface area contributed by atoms with Gasteiger partial charge in [-0.15, -0.1) is 0 Å². The fourth-order valence-corrected chi connectivity index (χ4v) is 2.47. The Bertz CT molecular complexity index is 1040. The second-order valence-corrected chi connectivity index (χ2v) is 6.11. The van der Waals surface area contributed by atoms with Crippen molar-refractivity contribution in [3.05, 3.63) is 58.3 Å². The maximum absolute atomic E-state index is 12.3. The lowest BCUT2D eigenvalue weighted by atomic mass is 10.1. The van der Waals surface area contributed by atoms with Crippen molar-refractivity contribution in [3.8, 4) is 0 Å². The van der Waals surface area contributed by atoms with Crippen molar-refractivity contribution >= 4 is 22.9 Å². The first-order chi connectivity index (χ1) is 12.9. The summed E-state index contributed by atoms with van der Waals surface area (Å²) in [5.74, 6) is -1.12. The molecule has 2 heterocycles. The number of esters is 1. The minimum atomic E-state index is -0.701. The van der Waals surface area contributed by atoms with E-state index in [2.05, 4.69) is 15.4 Å². The Kier molecular flexibility index (Phi) is 5.30. The molecule has 3 aromatic rings. The van der Waals surface area contributed by atoms with Gasteiger partial charge in [-0.2, -0.15) is 5.10 Å². The molecule has 0 fully saturated rings. The van der Waals surface area contributed by atoms with Gasteiger partial charge in [0.15, 0.2) is 12.3 Å². The average molecular weight is 369 g/mol. The van der Waals surface area contributed by atoms with Gasteiger partial charge in [-0.1, -0.05) is 29.8 Å². The van der Waals surface area contributed by atoms with Gasteiger partial charge in [-0.25, -0.2) is 4.98 Å². The van der Waals surface area contributed by atoms with Crippen LogP contribution in [0.3, 0.4) is 0 Å². The monoisotopic (exact) mass is 369 g/mol. The van der Waals surface area contributed by atoms with Crippen LogP contribution >= 0.6 is 0 Å². The molecule has 1 N–H and O–H groups in total. The van der Waals surface area contributed by atoms with Gasteiger partial charge in [-0.05, 0) is 12.5 Å². The Morgan fingerprint density at radius 2 is 1.96 bits per heavy atom. The lowest BCUT2D eigenvalue weighted by Crippen LogP contribution is -2.31. The van der Waals surface area contributed by atoms with Gasteiger partial charge in [0.2, 0.25) is 0 Å². The molecule has 140 valence electrons. The van der Waals surface area contributed by atoms with Gasteiger partial charge in [0.1, 0.15) is 18.3 Å².